The van der Waals surface area contributed by atoms with Gasteiger partial charge in [-0.1, -0.05) is 29.8 Å². The molecule has 0 aliphatic heterocycles. The molecule has 17 heavy (non-hydrogen) atoms. The highest BCUT2D eigenvalue weighted by molar-refractivity contribution is 9.09. The van der Waals surface area contributed by atoms with E-state index >= 15 is 0 Å². The van der Waals surface area contributed by atoms with Crippen LogP contribution in [0.1, 0.15) is 46.0 Å². The monoisotopic (exact) mass is 308 g/mol. The fourth-order valence-corrected chi connectivity index (χ4v) is 1.72. The van der Waals surface area contributed by atoms with Crippen LogP contribution in [-0.4, -0.2) is 30.0 Å². The lowest BCUT2D eigenvalue weighted by Gasteiger charge is -2.16. The highest BCUT2D eigenvalue weighted by atomic mass is 79.9. The maximum Gasteiger partial charge on any atom is 0.306 e. The molecular weight excluding hydrogens is 288 g/mol. The molecule has 0 aromatic rings. The number of rotatable bonds is 9. The summed E-state index contributed by atoms with van der Waals surface area (Å²) >= 11 is 3.28. The predicted octanol–water partition coefficient (Wildman–Crippen LogP) is 2.83. The molecule has 0 fully saturated rings. The molecule has 100 valence electrons. The van der Waals surface area contributed by atoms with E-state index in [2.05, 4.69) is 15.9 Å². The van der Waals surface area contributed by atoms with Gasteiger partial charge in [-0.05, 0) is 19.3 Å². The van der Waals surface area contributed by atoms with Crippen LogP contribution in [0.25, 0.3) is 0 Å². The number of hydrogen-bond acceptors (Lipinski definition) is 4. The van der Waals surface area contributed by atoms with Crippen LogP contribution >= 0.6 is 15.9 Å². The second-order valence-corrected chi connectivity index (χ2v) is 4.57. The van der Waals surface area contributed by atoms with E-state index in [9.17, 15) is 9.59 Å². The lowest BCUT2D eigenvalue weighted by Crippen LogP contribution is -2.25. The molecule has 0 aromatic carbocycles. The third kappa shape index (κ3) is 9.15. The van der Waals surface area contributed by atoms with Gasteiger partial charge in [-0.25, -0.2) is 0 Å². The smallest absolute Gasteiger partial charge is 0.306 e. The van der Waals surface area contributed by atoms with Gasteiger partial charge in [-0.3, -0.25) is 9.59 Å². The molecule has 0 radical (unpaired) electrons. The van der Waals surface area contributed by atoms with Crippen molar-refractivity contribution < 1.29 is 19.1 Å². The molecule has 0 heterocycles. The molecule has 0 amide bonds. The quantitative estimate of drug-likeness (QED) is 0.485. The van der Waals surface area contributed by atoms with Crippen molar-refractivity contribution >= 4 is 27.9 Å². The number of esters is 2. The maximum absolute atomic E-state index is 11.3. The third-order valence-corrected chi connectivity index (χ3v) is 2.53. The predicted molar refractivity (Wildman–Crippen MR) is 69.1 cm³/mol. The molecule has 1 unspecified atom stereocenters. The summed E-state index contributed by atoms with van der Waals surface area (Å²) in [4.78, 5) is 22.5. The van der Waals surface area contributed by atoms with Gasteiger partial charge in [-0.15, -0.1) is 0 Å². The summed E-state index contributed by atoms with van der Waals surface area (Å²) in [5.74, 6) is -0.469. The van der Waals surface area contributed by atoms with Gasteiger partial charge in [0.05, 0.1) is 0 Å². The number of ether oxygens (including phenoxy) is 2. The molecule has 0 bridgehead atoms. The van der Waals surface area contributed by atoms with Crippen molar-refractivity contribution in [2.75, 3.05) is 11.9 Å². The van der Waals surface area contributed by atoms with Crippen molar-refractivity contribution in [3.8, 4) is 0 Å². The SMILES string of the molecule is CCCC(=O)OCC(CCBr)OC(=O)CCC. The van der Waals surface area contributed by atoms with Gasteiger partial charge in [0.1, 0.15) is 12.7 Å². The third-order valence-electron chi connectivity index (χ3n) is 2.07. The molecule has 0 aliphatic carbocycles. The summed E-state index contributed by atoms with van der Waals surface area (Å²) in [6.45, 7) is 3.99. The van der Waals surface area contributed by atoms with Crippen LogP contribution in [0.15, 0.2) is 0 Å². The highest BCUT2D eigenvalue weighted by Gasteiger charge is 2.15. The molecule has 0 rings (SSSR count). The molecule has 1 atom stereocenters. The Morgan fingerprint density at radius 2 is 1.71 bits per heavy atom. The van der Waals surface area contributed by atoms with Crippen molar-refractivity contribution in [2.45, 2.75) is 52.1 Å². The normalized spacial score (nSPS) is 11.9. The molecule has 0 N–H and O–H groups in total. The Hall–Kier alpha value is -0.580. The Morgan fingerprint density at radius 1 is 1.12 bits per heavy atom. The largest absolute Gasteiger partial charge is 0.462 e. The first-order valence-corrected chi connectivity index (χ1v) is 7.17. The standard InChI is InChI=1S/C12H21BrO4/c1-3-5-11(14)16-9-10(7-8-13)17-12(15)6-4-2/h10H,3-9H2,1-2H3. The fourth-order valence-electron chi connectivity index (χ4n) is 1.21. The molecule has 0 aliphatic rings. The highest BCUT2D eigenvalue weighted by Crippen LogP contribution is 2.06. The number of carbonyl (C=O) groups is 2. The average Bonchev–Trinajstić information content (AvgIpc) is 2.27. The van der Waals surface area contributed by atoms with E-state index in [1.54, 1.807) is 0 Å². The van der Waals surface area contributed by atoms with Gasteiger partial charge in [0.15, 0.2) is 0 Å². The Morgan fingerprint density at radius 3 is 2.24 bits per heavy atom. The van der Waals surface area contributed by atoms with Gasteiger partial charge >= 0.3 is 11.9 Å². The maximum atomic E-state index is 11.3. The fraction of sp³-hybridized carbons (Fsp3) is 0.833. The van der Waals surface area contributed by atoms with E-state index in [0.29, 0.717) is 24.6 Å². The molecular formula is C12H21BrO4. The summed E-state index contributed by atoms with van der Waals surface area (Å²) in [7, 11) is 0. The average molecular weight is 309 g/mol. The van der Waals surface area contributed by atoms with Gasteiger partial charge in [0, 0.05) is 18.2 Å². The van der Waals surface area contributed by atoms with Crippen LogP contribution in [0.2, 0.25) is 0 Å². The van der Waals surface area contributed by atoms with Gasteiger partial charge in [0.2, 0.25) is 0 Å². The van der Waals surface area contributed by atoms with E-state index < -0.39 is 0 Å². The van der Waals surface area contributed by atoms with Crippen molar-refractivity contribution in [3.63, 3.8) is 0 Å². The van der Waals surface area contributed by atoms with E-state index in [1.165, 1.54) is 0 Å². The summed E-state index contributed by atoms with van der Waals surface area (Å²) in [5, 5.41) is 0.711. The first-order chi connectivity index (χ1) is 8.13. The van der Waals surface area contributed by atoms with E-state index in [-0.39, 0.29) is 24.6 Å². The van der Waals surface area contributed by atoms with Crippen molar-refractivity contribution in [2.24, 2.45) is 0 Å². The topological polar surface area (TPSA) is 52.6 Å². The second-order valence-electron chi connectivity index (χ2n) is 3.77. The Balaban J connectivity index is 3.96. The van der Waals surface area contributed by atoms with Crippen LogP contribution in [0, 0.1) is 0 Å². The minimum absolute atomic E-state index is 0.153. The van der Waals surface area contributed by atoms with Gasteiger partial charge in [0.25, 0.3) is 0 Å². The molecule has 0 spiro atoms. The summed E-state index contributed by atoms with van der Waals surface area (Å²) in [5.41, 5.74) is 0. The van der Waals surface area contributed by atoms with E-state index in [4.69, 9.17) is 9.47 Å². The minimum Gasteiger partial charge on any atom is -0.462 e. The number of hydrogen-bond donors (Lipinski definition) is 0. The molecule has 5 heteroatoms. The van der Waals surface area contributed by atoms with Crippen LogP contribution in [-0.2, 0) is 19.1 Å². The molecule has 0 aromatic heterocycles. The zero-order chi connectivity index (χ0) is 13.1. The van der Waals surface area contributed by atoms with E-state index in [1.807, 2.05) is 13.8 Å². The first-order valence-electron chi connectivity index (χ1n) is 6.05. The van der Waals surface area contributed by atoms with Gasteiger partial charge < -0.3 is 9.47 Å². The number of alkyl halides is 1. The number of halogens is 1. The minimum atomic E-state index is -0.339. The van der Waals surface area contributed by atoms with Crippen molar-refractivity contribution in [3.05, 3.63) is 0 Å². The van der Waals surface area contributed by atoms with Gasteiger partial charge in [-0.2, -0.15) is 0 Å². The molecule has 0 saturated carbocycles. The second kappa shape index (κ2) is 10.6. The van der Waals surface area contributed by atoms with Crippen LogP contribution in [0.5, 0.6) is 0 Å². The van der Waals surface area contributed by atoms with E-state index in [0.717, 1.165) is 12.8 Å². The number of carbonyl (C=O) groups excluding carboxylic acids is 2. The Labute approximate surface area is 111 Å². The zero-order valence-corrected chi connectivity index (χ0v) is 12.1. The van der Waals surface area contributed by atoms with Crippen molar-refractivity contribution in [1.29, 1.82) is 0 Å². The molecule has 0 saturated heterocycles. The summed E-state index contributed by atoms with van der Waals surface area (Å²) in [6.07, 6.45) is 2.64. The molecule has 4 nitrogen and oxygen atoms in total. The Bertz CT molecular complexity index is 231. The summed E-state index contributed by atoms with van der Waals surface area (Å²) < 4.78 is 10.3. The lowest BCUT2D eigenvalue weighted by molar-refractivity contribution is -0.159. The van der Waals surface area contributed by atoms with Crippen LogP contribution in [0.3, 0.4) is 0 Å². The van der Waals surface area contributed by atoms with Crippen molar-refractivity contribution in [1.82, 2.24) is 0 Å². The van der Waals surface area contributed by atoms with Crippen LogP contribution < -0.4 is 0 Å². The van der Waals surface area contributed by atoms with Crippen LogP contribution in [0.4, 0.5) is 0 Å². The Kier molecular flexibility index (Phi) is 10.2. The zero-order valence-electron chi connectivity index (χ0n) is 10.5. The summed E-state index contributed by atoms with van der Waals surface area (Å²) in [6, 6.07) is 0. The first kappa shape index (κ1) is 16.4. The lowest BCUT2D eigenvalue weighted by atomic mass is 10.3.